The average Bonchev–Trinajstić information content (AvgIpc) is 3.26. The summed E-state index contributed by atoms with van der Waals surface area (Å²) in [4.78, 5) is 30.1. The summed E-state index contributed by atoms with van der Waals surface area (Å²) >= 11 is 0. The van der Waals surface area contributed by atoms with Crippen molar-refractivity contribution >= 4 is 28.4 Å². The molecule has 1 unspecified atom stereocenters. The number of para-hydroxylation sites is 1. The number of hydrogen-bond acceptors (Lipinski definition) is 2. The molecule has 2 amide bonds. The smallest absolute Gasteiger partial charge is 0.251 e. The first-order valence-electron chi connectivity index (χ1n) is 8.41. The average molecular weight is 333 g/mol. The maximum atomic E-state index is 12.8. The molecule has 1 aliphatic heterocycles. The van der Waals surface area contributed by atoms with Crippen LogP contribution in [0.15, 0.2) is 54.7 Å². The van der Waals surface area contributed by atoms with E-state index in [4.69, 9.17) is 0 Å². The van der Waals surface area contributed by atoms with E-state index in [-0.39, 0.29) is 11.8 Å². The number of anilines is 1. The Hall–Kier alpha value is -3.08. The maximum absolute atomic E-state index is 12.8. The summed E-state index contributed by atoms with van der Waals surface area (Å²) in [5.74, 6) is -0.322. The molecule has 25 heavy (non-hydrogen) atoms. The van der Waals surface area contributed by atoms with E-state index in [1.54, 1.807) is 17.9 Å². The highest BCUT2D eigenvalue weighted by molar-refractivity contribution is 6.04. The van der Waals surface area contributed by atoms with Gasteiger partial charge in [0, 0.05) is 34.9 Å². The molecule has 4 rings (SSSR count). The molecule has 2 aromatic carbocycles. The van der Waals surface area contributed by atoms with E-state index in [1.165, 1.54) is 5.56 Å². The molecule has 0 fully saturated rings. The standard InChI is InChI=1S/C20H19N3O2/c1-13(20(25)23-11-9-14-4-2-3-5-18(14)23)22-19(24)16-6-7-17-15(12-16)8-10-21-17/h2-8,10,12-13,21H,9,11H2,1H3,(H,22,24). The molecule has 0 radical (unpaired) electrons. The van der Waals surface area contributed by atoms with Crippen LogP contribution in [0, 0.1) is 0 Å². The Balaban J connectivity index is 1.48. The van der Waals surface area contributed by atoms with Crippen molar-refractivity contribution in [3.05, 3.63) is 65.9 Å². The number of rotatable bonds is 3. The highest BCUT2D eigenvalue weighted by Crippen LogP contribution is 2.27. The van der Waals surface area contributed by atoms with Crippen molar-refractivity contribution in [3.63, 3.8) is 0 Å². The molecular formula is C20H19N3O2. The molecule has 3 aromatic rings. The topological polar surface area (TPSA) is 65.2 Å². The van der Waals surface area contributed by atoms with Gasteiger partial charge < -0.3 is 15.2 Å². The van der Waals surface area contributed by atoms with Gasteiger partial charge in [-0.1, -0.05) is 18.2 Å². The molecular weight excluding hydrogens is 314 g/mol. The van der Waals surface area contributed by atoms with Crippen LogP contribution in [-0.4, -0.2) is 29.4 Å². The second-order valence-corrected chi connectivity index (χ2v) is 6.34. The second kappa shape index (κ2) is 6.09. The number of amides is 2. The van der Waals surface area contributed by atoms with Gasteiger partial charge in [-0.2, -0.15) is 0 Å². The van der Waals surface area contributed by atoms with Gasteiger partial charge in [0.05, 0.1) is 0 Å². The number of aromatic amines is 1. The van der Waals surface area contributed by atoms with Crippen molar-refractivity contribution in [1.82, 2.24) is 10.3 Å². The van der Waals surface area contributed by atoms with Crippen LogP contribution in [0.4, 0.5) is 5.69 Å². The lowest BCUT2D eigenvalue weighted by molar-refractivity contribution is -0.119. The van der Waals surface area contributed by atoms with E-state index < -0.39 is 6.04 Å². The van der Waals surface area contributed by atoms with Crippen LogP contribution in [-0.2, 0) is 11.2 Å². The van der Waals surface area contributed by atoms with E-state index in [1.807, 2.05) is 48.7 Å². The van der Waals surface area contributed by atoms with E-state index >= 15 is 0 Å². The van der Waals surface area contributed by atoms with Gasteiger partial charge in [-0.05, 0) is 49.2 Å². The summed E-state index contributed by atoms with van der Waals surface area (Å²) in [5.41, 5.74) is 3.65. The van der Waals surface area contributed by atoms with Crippen molar-refractivity contribution in [2.45, 2.75) is 19.4 Å². The molecule has 5 nitrogen and oxygen atoms in total. The van der Waals surface area contributed by atoms with Gasteiger partial charge in [0.25, 0.3) is 5.91 Å². The lowest BCUT2D eigenvalue weighted by Crippen LogP contribution is -2.46. The van der Waals surface area contributed by atoms with Crippen molar-refractivity contribution in [3.8, 4) is 0 Å². The van der Waals surface area contributed by atoms with Crippen molar-refractivity contribution in [2.24, 2.45) is 0 Å². The summed E-state index contributed by atoms with van der Waals surface area (Å²) in [6.07, 6.45) is 2.69. The molecule has 126 valence electrons. The Morgan fingerprint density at radius 2 is 2.00 bits per heavy atom. The zero-order chi connectivity index (χ0) is 17.4. The molecule has 0 saturated carbocycles. The van der Waals surface area contributed by atoms with Crippen LogP contribution in [0.5, 0.6) is 0 Å². The van der Waals surface area contributed by atoms with Gasteiger partial charge in [-0.15, -0.1) is 0 Å². The molecule has 0 aliphatic carbocycles. The number of nitrogens with zero attached hydrogens (tertiary/aromatic N) is 1. The normalized spacial score (nSPS) is 14.4. The molecule has 2 N–H and O–H groups in total. The number of aromatic nitrogens is 1. The summed E-state index contributed by atoms with van der Waals surface area (Å²) in [6.45, 7) is 2.39. The van der Waals surface area contributed by atoms with Gasteiger partial charge in [0.2, 0.25) is 5.91 Å². The third-order valence-electron chi connectivity index (χ3n) is 4.69. The minimum Gasteiger partial charge on any atom is -0.361 e. The summed E-state index contributed by atoms with van der Waals surface area (Å²) in [6, 6.07) is 14.7. The minimum atomic E-state index is -0.583. The second-order valence-electron chi connectivity index (χ2n) is 6.34. The minimum absolute atomic E-state index is 0.0824. The number of benzene rings is 2. The van der Waals surface area contributed by atoms with E-state index in [2.05, 4.69) is 10.3 Å². The van der Waals surface area contributed by atoms with Gasteiger partial charge in [-0.25, -0.2) is 0 Å². The van der Waals surface area contributed by atoms with Gasteiger partial charge in [0.15, 0.2) is 0 Å². The number of H-pyrrole nitrogens is 1. The monoisotopic (exact) mass is 333 g/mol. The van der Waals surface area contributed by atoms with Crippen LogP contribution < -0.4 is 10.2 Å². The molecule has 0 saturated heterocycles. The lowest BCUT2D eigenvalue weighted by Gasteiger charge is -2.22. The first kappa shape index (κ1) is 15.4. The number of hydrogen-bond donors (Lipinski definition) is 2. The van der Waals surface area contributed by atoms with Gasteiger partial charge >= 0.3 is 0 Å². The van der Waals surface area contributed by atoms with Crippen LogP contribution in [0.25, 0.3) is 10.9 Å². The number of nitrogens with one attached hydrogen (secondary N) is 2. The summed E-state index contributed by atoms with van der Waals surface area (Å²) in [7, 11) is 0. The zero-order valence-corrected chi connectivity index (χ0v) is 14.0. The maximum Gasteiger partial charge on any atom is 0.251 e. The Kier molecular flexibility index (Phi) is 3.76. The molecule has 0 spiro atoms. The Bertz CT molecular complexity index is 960. The molecule has 1 aliphatic rings. The van der Waals surface area contributed by atoms with Crippen LogP contribution in [0.1, 0.15) is 22.8 Å². The molecule has 5 heteroatoms. The Morgan fingerprint density at radius 1 is 1.16 bits per heavy atom. The molecule has 2 heterocycles. The predicted octanol–water partition coefficient (Wildman–Crippen LogP) is 2.88. The predicted molar refractivity (Wildman–Crippen MR) is 97.7 cm³/mol. The van der Waals surface area contributed by atoms with Gasteiger partial charge in [-0.3, -0.25) is 9.59 Å². The largest absolute Gasteiger partial charge is 0.361 e. The van der Waals surface area contributed by atoms with Crippen molar-refractivity contribution in [2.75, 3.05) is 11.4 Å². The molecule has 1 atom stereocenters. The Labute approximate surface area is 145 Å². The van der Waals surface area contributed by atoms with Crippen LogP contribution in [0.2, 0.25) is 0 Å². The fourth-order valence-electron chi connectivity index (χ4n) is 3.34. The number of carbonyl (C=O) groups excluding carboxylic acids is 2. The number of carbonyl (C=O) groups is 2. The van der Waals surface area contributed by atoms with E-state index in [0.29, 0.717) is 12.1 Å². The summed E-state index contributed by atoms with van der Waals surface area (Å²) in [5, 5.41) is 3.79. The first-order chi connectivity index (χ1) is 12.1. The molecule has 0 bridgehead atoms. The van der Waals surface area contributed by atoms with E-state index in [9.17, 15) is 9.59 Å². The van der Waals surface area contributed by atoms with Gasteiger partial charge in [0.1, 0.15) is 6.04 Å². The van der Waals surface area contributed by atoms with Crippen molar-refractivity contribution in [1.29, 1.82) is 0 Å². The van der Waals surface area contributed by atoms with E-state index in [0.717, 1.165) is 23.0 Å². The SMILES string of the molecule is CC(NC(=O)c1ccc2[nH]ccc2c1)C(=O)N1CCc2ccccc21. The third kappa shape index (κ3) is 2.78. The molecule has 1 aromatic heterocycles. The highest BCUT2D eigenvalue weighted by Gasteiger charge is 2.28. The first-order valence-corrected chi connectivity index (χ1v) is 8.41. The fourth-order valence-corrected chi connectivity index (χ4v) is 3.34. The zero-order valence-electron chi connectivity index (χ0n) is 14.0. The van der Waals surface area contributed by atoms with Crippen LogP contribution >= 0.6 is 0 Å². The number of fused-ring (bicyclic) bond motifs is 2. The fraction of sp³-hybridized carbons (Fsp3) is 0.200. The van der Waals surface area contributed by atoms with Crippen LogP contribution in [0.3, 0.4) is 0 Å². The quantitative estimate of drug-likeness (QED) is 0.774. The Morgan fingerprint density at radius 3 is 2.88 bits per heavy atom. The summed E-state index contributed by atoms with van der Waals surface area (Å²) < 4.78 is 0. The third-order valence-corrected chi connectivity index (χ3v) is 4.69. The van der Waals surface area contributed by atoms with Crippen molar-refractivity contribution < 1.29 is 9.59 Å². The highest BCUT2D eigenvalue weighted by atomic mass is 16.2. The lowest BCUT2D eigenvalue weighted by atomic mass is 10.1.